The van der Waals surface area contributed by atoms with E-state index in [1.54, 1.807) is 20.1 Å². The lowest BCUT2D eigenvalue weighted by Gasteiger charge is -2.15. The van der Waals surface area contributed by atoms with E-state index < -0.39 is 0 Å². The summed E-state index contributed by atoms with van der Waals surface area (Å²) in [6.45, 7) is 4.75. The maximum Gasteiger partial charge on any atom is 0.242 e. The number of carbonyl (C=O) groups excluding carboxylic acids is 1. The highest BCUT2D eigenvalue weighted by molar-refractivity contribution is 9.10. The van der Waals surface area contributed by atoms with Crippen LogP contribution in [0.25, 0.3) is 0 Å². The van der Waals surface area contributed by atoms with Gasteiger partial charge in [-0.1, -0.05) is 6.92 Å². The molecule has 106 valence electrons. The fourth-order valence-corrected chi connectivity index (χ4v) is 1.84. The summed E-state index contributed by atoms with van der Waals surface area (Å²) in [6, 6.07) is 1.38. The molecule has 1 heterocycles. The van der Waals surface area contributed by atoms with Crippen molar-refractivity contribution in [1.29, 1.82) is 0 Å². The lowest BCUT2D eigenvalue weighted by Crippen LogP contribution is -2.39. The van der Waals surface area contributed by atoms with Crippen LogP contribution in [0.2, 0.25) is 0 Å². The van der Waals surface area contributed by atoms with E-state index in [-0.39, 0.29) is 11.9 Å². The van der Waals surface area contributed by atoms with E-state index >= 15 is 0 Å². The average molecular weight is 331 g/mol. The third-order valence-electron chi connectivity index (χ3n) is 2.42. The number of halogens is 1. The van der Waals surface area contributed by atoms with Gasteiger partial charge in [0, 0.05) is 26.1 Å². The number of nitrogens with zero attached hydrogens (tertiary/aromatic N) is 2. The topological polar surface area (TPSA) is 76.1 Å². The Kier molecular flexibility index (Phi) is 6.72. The van der Waals surface area contributed by atoms with Gasteiger partial charge >= 0.3 is 0 Å². The first-order valence-electron chi connectivity index (χ1n) is 6.13. The number of carbonyl (C=O) groups is 1. The first kappa shape index (κ1) is 15.8. The molecule has 0 saturated carbocycles. The Labute approximate surface area is 121 Å². The van der Waals surface area contributed by atoms with Crippen molar-refractivity contribution in [3.8, 4) is 0 Å². The number of nitrogens with one attached hydrogen (secondary N) is 2. The SMILES string of the molecule is CCc1nc(Br)cc(NC(C)C(=O)NCCOC)n1. The second-order valence-electron chi connectivity index (χ2n) is 4.00. The average Bonchev–Trinajstić information content (AvgIpc) is 2.38. The normalized spacial score (nSPS) is 12.0. The van der Waals surface area contributed by atoms with Gasteiger partial charge in [-0.2, -0.15) is 0 Å². The fraction of sp³-hybridized carbons (Fsp3) is 0.583. The molecule has 1 unspecified atom stereocenters. The Morgan fingerprint density at radius 3 is 2.89 bits per heavy atom. The van der Waals surface area contributed by atoms with Crippen LogP contribution in [0.15, 0.2) is 10.7 Å². The monoisotopic (exact) mass is 330 g/mol. The molecule has 0 aliphatic heterocycles. The third kappa shape index (κ3) is 5.52. The van der Waals surface area contributed by atoms with Crippen LogP contribution < -0.4 is 10.6 Å². The van der Waals surface area contributed by atoms with Gasteiger partial charge in [-0.05, 0) is 22.9 Å². The van der Waals surface area contributed by atoms with Gasteiger partial charge in [0.2, 0.25) is 5.91 Å². The third-order valence-corrected chi connectivity index (χ3v) is 2.83. The van der Waals surface area contributed by atoms with Crippen LogP contribution >= 0.6 is 15.9 Å². The molecule has 1 aromatic rings. The van der Waals surface area contributed by atoms with Gasteiger partial charge in [0.1, 0.15) is 22.3 Å². The minimum absolute atomic E-state index is 0.0927. The molecule has 7 heteroatoms. The molecule has 0 aliphatic carbocycles. The number of aryl methyl sites for hydroxylation is 1. The van der Waals surface area contributed by atoms with Gasteiger partial charge < -0.3 is 15.4 Å². The number of ether oxygens (including phenoxy) is 1. The van der Waals surface area contributed by atoms with Crippen LogP contribution in [-0.2, 0) is 16.0 Å². The Morgan fingerprint density at radius 2 is 2.26 bits per heavy atom. The molecule has 1 aromatic heterocycles. The molecule has 0 fully saturated rings. The predicted molar refractivity (Wildman–Crippen MR) is 77.1 cm³/mol. The van der Waals surface area contributed by atoms with Gasteiger partial charge in [-0.25, -0.2) is 9.97 Å². The predicted octanol–water partition coefficient (Wildman–Crippen LogP) is 1.36. The van der Waals surface area contributed by atoms with Crippen LogP contribution in [0.4, 0.5) is 5.82 Å². The molecule has 0 bridgehead atoms. The van der Waals surface area contributed by atoms with Gasteiger partial charge in [-0.15, -0.1) is 0 Å². The summed E-state index contributed by atoms with van der Waals surface area (Å²) in [7, 11) is 1.60. The molecule has 1 atom stereocenters. The highest BCUT2D eigenvalue weighted by Gasteiger charge is 2.13. The largest absolute Gasteiger partial charge is 0.383 e. The summed E-state index contributed by atoms with van der Waals surface area (Å²) < 4.78 is 5.58. The zero-order chi connectivity index (χ0) is 14.3. The molecule has 0 saturated heterocycles. The summed E-state index contributed by atoms with van der Waals surface area (Å²) in [5.41, 5.74) is 0. The van der Waals surface area contributed by atoms with Crippen molar-refractivity contribution in [1.82, 2.24) is 15.3 Å². The minimum atomic E-state index is -0.372. The first-order chi connectivity index (χ1) is 9.06. The Morgan fingerprint density at radius 1 is 1.53 bits per heavy atom. The Hall–Kier alpha value is -1.21. The van der Waals surface area contributed by atoms with Crippen molar-refractivity contribution >= 4 is 27.7 Å². The number of hydrogen-bond acceptors (Lipinski definition) is 5. The highest BCUT2D eigenvalue weighted by atomic mass is 79.9. The van der Waals surface area contributed by atoms with Crippen molar-refractivity contribution in [3.63, 3.8) is 0 Å². The van der Waals surface area contributed by atoms with Crippen molar-refractivity contribution in [3.05, 3.63) is 16.5 Å². The summed E-state index contributed by atoms with van der Waals surface area (Å²) in [6.07, 6.45) is 0.739. The van der Waals surface area contributed by atoms with Crippen LogP contribution in [-0.4, -0.2) is 42.2 Å². The number of rotatable bonds is 7. The van der Waals surface area contributed by atoms with Crippen molar-refractivity contribution in [2.75, 3.05) is 25.6 Å². The van der Waals surface area contributed by atoms with Crippen LogP contribution in [0.1, 0.15) is 19.7 Å². The molecule has 1 amide bonds. The van der Waals surface area contributed by atoms with Crippen LogP contribution in [0, 0.1) is 0 Å². The summed E-state index contributed by atoms with van der Waals surface area (Å²) >= 11 is 3.32. The maximum atomic E-state index is 11.8. The van der Waals surface area contributed by atoms with E-state index in [0.29, 0.717) is 23.6 Å². The second-order valence-corrected chi connectivity index (χ2v) is 4.81. The highest BCUT2D eigenvalue weighted by Crippen LogP contribution is 2.13. The molecular weight excluding hydrogens is 312 g/mol. The molecule has 6 nitrogen and oxygen atoms in total. The number of anilines is 1. The molecule has 1 rings (SSSR count). The van der Waals surface area contributed by atoms with Crippen molar-refractivity contribution in [2.24, 2.45) is 0 Å². The maximum absolute atomic E-state index is 11.8. The minimum Gasteiger partial charge on any atom is -0.383 e. The van der Waals surface area contributed by atoms with Gasteiger partial charge in [0.15, 0.2) is 0 Å². The number of hydrogen-bond donors (Lipinski definition) is 2. The molecule has 2 N–H and O–H groups in total. The van der Waals surface area contributed by atoms with Gasteiger partial charge in [0.05, 0.1) is 6.61 Å². The number of methoxy groups -OCH3 is 1. The van der Waals surface area contributed by atoms with E-state index in [2.05, 4.69) is 36.5 Å². The smallest absolute Gasteiger partial charge is 0.242 e. The zero-order valence-corrected chi connectivity index (χ0v) is 13.0. The molecule has 19 heavy (non-hydrogen) atoms. The van der Waals surface area contributed by atoms with Crippen molar-refractivity contribution in [2.45, 2.75) is 26.3 Å². The summed E-state index contributed by atoms with van der Waals surface area (Å²) in [5, 5.41) is 5.82. The first-order valence-corrected chi connectivity index (χ1v) is 6.92. The zero-order valence-electron chi connectivity index (χ0n) is 11.4. The van der Waals surface area contributed by atoms with E-state index in [1.807, 2.05) is 6.92 Å². The van der Waals surface area contributed by atoms with Crippen LogP contribution in [0.5, 0.6) is 0 Å². The molecule has 0 aromatic carbocycles. The lowest BCUT2D eigenvalue weighted by atomic mass is 10.3. The summed E-state index contributed by atoms with van der Waals surface area (Å²) in [5.74, 6) is 1.27. The standard InChI is InChI=1S/C12H19BrN4O2/c1-4-10-16-9(13)7-11(17-10)15-8(2)12(18)14-5-6-19-3/h7-8H,4-6H2,1-3H3,(H,14,18)(H,15,16,17). The Balaban J connectivity index is 2.58. The molecule has 0 spiro atoms. The van der Waals surface area contributed by atoms with E-state index in [4.69, 9.17) is 4.74 Å². The quantitative estimate of drug-likeness (QED) is 0.583. The van der Waals surface area contributed by atoms with Gasteiger partial charge in [-0.3, -0.25) is 4.79 Å². The second kappa shape index (κ2) is 8.06. The summed E-state index contributed by atoms with van der Waals surface area (Å²) in [4.78, 5) is 20.3. The Bertz CT molecular complexity index is 428. The van der Waals surface area contributed by atoms with Crippen molar-refractivity contribution < 1.29 is 9.53 Å². The molecule has 0 aliphatic rings. The molecular formula is C12H19BrN4O2. The lowest BCUT2D eigenvalue weighted by molar-refractivity contribution is -0.121. The van der Waals surface area contributed by atoms with E-state index in [1.165, 1.54) is 0 Å². The molecule has 0 radical (unpaired) electrons. The van der Waals surface area contributed by atoms with E-state index in [9.17, 15) is 4.79 Å². The number of amides is 1. The van der Waals surface area contributed by atoms with E-state index in [0.717, 1.165) is 12.2 Å². The van der Waals surface area contributed by atoms with Gasteiger partial charge in [0.25, 0.3) is 0 Å². The fourth-order valence-electron chi connectivity index (χ4n) is 1.41. The number of aromatic nitrogens is 2. The van der Waals surface area contributed by atoms with Crippen LogP contribution in [0.3, 0.4) is 0 Å².